The van der Waals surface area contributed by atoms with Gasteiger partial charge >= 0.3 is 11.7 Å². The third-order valence-corrected chi connectivity index (χ3v) is 3.59. The van der Waals surface area contributed by atoms with Crippen molar-refractivity contribution >= 4 is 11.9 Å². The van der Waals surface area contributed by atoms with Crippen molar-refractivity contribution in [1.82, 2.24) is 14.5 Å². The minimum absolute atomic E-state index is 0.0907. The Hall–Kier alpha value is -2.38. The van der Waals surface area contributed by atoms with Gasteiger partial charge < -0.3 is 10.0 Å². The molecule has 21 heavy (non-hydrogen) atoms. The summed E-state index contributed by atoms with van der Waals surface area (Å²) in [4.78, 5) is 49.1. The zero-order valence-electron chi connectivity index (χ0n) is 11.4. The molecule has 1 aliphatic carbocycles. The van der Waals surface area contributed by atoms with E-state index >= 15 is 0 Å². The fourth-order valence-corrected chi connectivity index (χ4v) is 2.59. The lowest BCUT2D eigenvalue weighted by Gasteiger charge is -2.27. The first-order chi connectivity index (χ1) is 9.97. The van der Waals surface area contributed by atoms with Crippen molar-refractivity contribution in [2.75, 3.05) is 6.54 Å². The molecule has 1 aromatic rings. The zero-order chi connectivity index (χ0) is 15.4. The van der Waals surface area contributed by atoms with Gasteiger partial charge in [-0.3, -0.25) is 23.9 Å². The normalized spacial score (nSPS) is 15.0. The molecule has 0 saturated heterocycles. The van der Waals surface area contributed by atoms with Crippen molar-refractivity contribution in [2.45, 2.75) is 38.3 Å². The fraction of sp³-hybridized carbons (Fsp3) is 0.538. The van der Waals surface area contributed by atoms with Crippen molar-refractivity contribution < 1.29 is 14.7 Å². The molecule has 0 atom stereocenters. The maximum Gasteiger partial charge on any atom is 0.328 e. The number of carboxylic acid groups (broad SMARTS) is 1. The standard InChI is InChI=1S/C13H17N3O5/c17-10-5-6-15(13(21)14-10)7-11(18)16(8-12(19)20)9-3-1-2-4-9/h5-6,9H,1-4,7-8H2,(H,19,20)(H,14,17,21). The second kappa shape index (κ2) is 6.38. The Balaban J connectivity index is 2.15. The van der Waals surface area contributed by atoms with Crippen LogP contribution in [0.3, 0.4) is 0 Å². The number of carboxylic acids is 1. The number of carbonyl (C=O) groups excluding carboxylic acids is 1. The monoisotopic (exact) mass is 295 g/mol. The van der Waals surface area contributed by atoms with Gasteiger partial charge in [0.25, 0.3) is 5.56 Å². The van der Waals surface area contributed by atoms with Gasteiger partial charge in [0, 0.05) is 18.3 Å². The Morgan fingerprint density at radius 3 is 2.57 bits per heavy atom. The number of rotatable bonds is 5. The molecular formula is C13H17N3O5. The minimum atomic E-state index is -1.08. The molecule has 0 radical (unpaired) electrons. The number of hydrogen-bond donors (Lipinski definition) is 2. The van der Waals surface area contributed by atoms with E-state index in [4.69, 9.17) is 5.11 Å². The average molecular weight is 295 g/mol. The highest BCUT2D eigenvalue weighted by molar-refractivity contribution is 5.81. The lowest BCUT2D eigenvalue weighted by Crippen LogP contribution is -2.45. The smallest absolute Gasteiger partial charge is 0.328 e. The van der Waals surface area contributed by atoms with Crippen LogP contribution in [0.2, 0.25) is 0 Å². The van der Waals surface area contributed by atoms with Crippen LogP contribution in [-0.4, -0.2) is 44.0 Å². The molecule has 1 aromatic heterocycles. The molecule has 114 valence electrons. The van der Waals surface area contributed by atoms with E-state index in [9.17, 15) is 19.2 Å². The molecule has 1 fully saturated rings. The number of nitrogens with one attached hydrogen (secondary N) is 1. The molecule has 0 bridgehead atoms. The van der Waals surface area contributed by atoms with Gasteiger partial charge in [0.05, 0.1) is 0 Å². The summed E-state index contributed by atoms with van der Waals surface area (Å²) < 4.78 is 1.06. The maximum absolute atomic E-state index is 12.3. The predicted octanol–water partition coefficient (Wildman–Crippen LogP) is -0.608. The number of nitrogens with zero attached hydrogens (tertiary/aromatic N) is 2. The van der Waals surface area contributed by atoms with Crippen molar-refractivity contribution in [3.8, 4) is 0 Å². The summed E-state index contributed by atoms with van der Waals surface area (Å²) in [7, 11) is 0. The molecule has 1 amide bonds. The fourth-order valence-electron chi connectivity index (χ4n) is 2.59. The summed E-state index contributed by atoms with van der Waals surface area (Å²) in [6, 6.07) is 1.05. The first kappa shape index (κ1) is 15.0. The average Bonchev–Trinajstić information content (AvgIpc) is 2.92. The third kappa shape index (κ3) is 3.80. The SMILES string of the molecule is O=C(O)CN(C(=O)Cn1ccc(=O)[nH]c1=O)C1CCCC1. The van der Waals surface area contributed by atoms with Crippen LogP contribution in [0.25, 0.3) is 0 Å². The Kier molecular flexibility index (Phi) is 4.56. The summed E-state index contributed by atoms with van der Waals surface area (Å²) in [5, 5.41) is 8.94. The number of aromatic nitrogens is 2. The van der Waals surface area contributed by atoms with Gasteiger partial charge in [-0.2, -0.15) is 0 Å². The van der Waals surface area contributed by atoms with Gasteiger partial charge in [0.15, 0.2) is 0 Å². The second-order valence-corrected chi connectivity index (χ2v) is 5.09. The van der Waals surface area contributed by atoms with E-state index in [1.165, 1.54) is 11.1 Å². The highest BCUT2D eigenvalue weighted by Gasteiger charge is 2.28. The zero-order valence-corrected chi connectivity index (χ0v) is 11.4. The Morgan fingerprint density at radius 2 is 2.00 bits per heavy atom. The number of hydrogen-bond acceptors (Lipinski definition) is 4. The topological polar surface area (TPSA) is 112 Å². The quantitative estimate of drug-likeness (QED) is 0.752. The molecule has 2 N–H and O–H groups in total. The lowest BCUT2D eigenvalue weighted by atomic mass is 10.2. The number of carbonyl (C=O) groups is 2. The van der Waals surface area contributed by atoms with Crippen LogP contribution in [0.1, 0.15) is 25.7 Å². The highest BCUT2D eigenvalue weighted by Crippen LogP contribution is 2.23. The largest absolute Gasteiger partial charge is 0.480 e. The second-order valence-electron chi connectivity index (χ2n) is 5.09. The minimum Gasteiger partial charge on any atom is -0.480 e. The molecule has 1 heterocycles. The van der Waals surface area contributed by atoms with E-state index in [2.05, 4.69) is 4.98 Å². The maximum atomic E-state index is 12.3. The van der Waals surface area contributed by atoms with Crippen LogP contribution in [0.4, 0.5) is 0 Å². The lowest BCUT2D eigenvalue weighted by molar-refractivity contribution is -0.146. The molecule has 0 spiro atoms. The summed E-state index contributed by atoms with van der Waals surface area (Å²) in [5.74, 6) is -1.51. The van der Waals surface area contributed by atoms with Crippen LogP contribution in [-0.2, 0) is 16.1 Å². The van der Waals surface area contributed by atoms with Crippen molar-refractivity contribution in [3.05, 3.63) is 33.1 Å². The van der Waals surface area contributed by atoms with Crippen molar-refractivity contribution in [1.29, 1.82) is 0 Å². The van der Waals surface area contributed by atoms with E-state index < -0.39 is 23.1 Å². The van der Waals surface area contributed by atoms with Gasteiger partial charge in [0.2, 0.25) is 5.91 Å². The van der Waals surface area contributed by atoms with Gasteiger partial charge in [-0.15, -0.1) is 0 Å². The molecule has 8 heteroatoms. The molecule has 1 aliphatic rings. The summed E-state index contributed by atoms with van der Waals surface area (Å²) >= 11 is 0. The molecule has 8 nitrogen and oxygen atoms in total. The van der Waals surface area contributed by atoms with E-state index in [1.54, 1.807) is 0 Å². The van der Waals surface area contributed by atoms with Crippen LogP contribution in [0.15, 0.2) is 21.9 Å². The van der Waals surface area contributed by atoms with Gasteiger partial charge in [-0.05, 0) is 12.8 Å². The highest BCUT2D eigenvalue weighted by atomic mass is 16.4. The Labute approximate surface area is 120 Å². The Morgan fingerprint density at radius 1 is 1.33 bits per heavy atom. The molecule has 0 aromatic carbocycles. The number of H-pyrrole nitrogens is 1. The first-order valence-electron chi connectivity index (χ1n) is 6.78. The summed E-state index contributed by atoms with van der Waals surface area (Å²) in [6.07, 6.45) is 4.71. The van der Waals surface area contributed by atoms with Crippen molar-refractivity contribution in [2.24, 2.45) is 0 Å². The number of amides is 1. The Bertz CT molecular complexity index is 642. The van der Waals surface area contributed by atoms with Crippen LogP contribution in [0.5, 0.6) is 0 Å². The molecule has 1 saturated carbocycles. The van der Waals surface area contributed by atoms with Crippen molar-refractivity contribution in [3.63, 3.8) is 0 Å². The predicted molar refractivity (Wildman–Crippen MR) is 72.9 cm³/mol. The first-order valence-corrected chi connectivity index (χ1v) is 6.78. The van der Waals surface area contributed by atoms with Crippen LogP contribution >= 0.6 is 0 Å². The van der Waals surface area contributed by atoms with Crippen LogP contribution in [0, 0.1) is 0 Å². The molecule has 0 aliphatic heterocycles. The van der Waals surface area contributed by atoms with Crippen LogP contribution < -0.4 is 11.2 Å². The summed E-state index contributed by atoms with van der Waals surface area (Å²) in [6.45, 7) is -0.652. The summed E-state index contributed by atoms with van der Waals surface area (Å²) in [5.41, 5.74) is -1.22. The molecule has 2 rings (SSSR count). The molecular weight excluding hydrogens is 278 g/mol. The van der Waals surface area contributed by atoms with E-state index in [0.717, 1.165) is 36.3 Å². The van der Waals surface area contributed by atoms with E-state index in [-0.39, 0.29) is 19.1 Å². The number of aliphatic carboxylic acids is 1. The third-order valence-electron chi connectivity index (χ3n) is 3.59. The molecule has 0 unspecified atom stereocenters. The van der Waals surface area contributed by atoms with Gasteiger partial charge in [0.1, 0.15) is 13.1 Å². The van der Waals surface area contributed by atoms with E-state index in [1.807, 2.05) is 0 Å². The van der Waals surface area contributed by atoms with Gasteiger partial charge in [-0.1, -0.05) is 12.8 Å². The number of aromatic amines is 1. The van der Waals surface area contributed by atoms with Gasteiger partial charge in [-0.25, -0.2) is 4.79 Å². The van der Waals surface area contributed by atoms with E-state index in [0.29, 0.717) is 0 Å².